The number of rotatable bonds is 3. The summed E-state index contributed by atoms with van der Waals surface area (Å²) in [6, 6.07) is 5.35. The molecule has 0 saturated carbocycles. The second-order valence-corrected chi connectivity index (χ2v) is 5.39. The molecule has 0 fully saturated rings. The Kier molecular flexibility index (Phi) is 3.58. The van der Waals surface area contributed by atoms with E-state index >= 15 is 0 Å². The van der Waals surface area contributed by atoms with E-state index in [1.165, 1.54) is 0 Å². The summed E-state index contributed by atoms with van der Waals surface area (Å²) in [5, 5.41) is 7.40. The van der Waals surface area contributed by atoms with Crippen LogP contribution in [0.2, 0.25) is 0 Å². The molecule has 0 aliphatic carbocycles. The van der Waals surface area contributed by atoms with Crippen molar-refractivity contribution in [2.45, 2.75) is 26.7 Å². The number of aromatic nitrogens is 3. The van der Waals surface area contributed by atoms with Crippen molar-refractivity contribution in [1.29, 1.82) is 0 Å². The SMILES string of the molecule is Cc1noc2nc(C(C)C)cc(C(=O)Nc3cccnc3)c12. The van der Waals surface area contributed by atoms with Crippen LogP contribution in [-0.2, 0) is 0 Å². The van der Waals surface area contributed by atoms with Gasteiger partial charge in [0.1, 0.15) is 0 Å². The maximum atomic E-state index is 12.6. The highest BCUT2D eigenvalue weighted by atomic mass is 16.5. The predicted octanol–water partition coefficient (Wildman–Crippen LogP) is 3.30. The molecule has 0 aliphatic rings. The van der Waals surface area contributed by atoms with E-state index in [9.17, 15) is 4.79 Å². The van der Waals surface area contributed by atoms with Crippen molar-refractivity contribution >= 4 is 22.7 Å². The van der Waals surface area contributed by atoms with Crippen LogP contribution in [0.25, 0.3) is 11.1 Å². The molecule has 6 heteroatoms. The Bertz CT molecular complexity index is 825. The highest BCUT2D eigenvalue weighted by Crippen LogP contribution is 2.25. The lowest BCUT2D eigenvalue weighted by atomic mass is 10.0. The fraction of sp³-hybridized carbons (Fsp3) is 0.250. The summed E-state index contributed by atoms with van der Waals surface area (Å²) in [7, 11) is 0. The van der Waals surface area contributed by atoms with Crippen molar-refractivity contribution < 1.29 is 9.32 Å². The summed E-state index contributed by atoms with van der Waals surface area (Å²) in [5.74, 6) is -0.0478. The van der Waals surface area contributed by atoms with Crippen molar-refractivity contribution in [2.75, 3.05) is 5.32 Å². The molecular formula is C16H16N4O2. The maximum absolute atomic E-state index is 12.6. The highest BCUT2D eigenvalue weighted by Gasteiger charge is 2.19. The zero-order valence-corrected chi connectivity index (χ0v) is 12.6. The van der Waals surface area contributed by atoms with Gasteiger partial charge in [0.15, 0.2) is 0 Å². The minimum atomic E-state index is -0.228. The van der Waals surface area contributed by atoms with E-state index in [-0.39, 0.29) is 11.8 Å². The van der Waals surface area contributed by atoms with Gasteiger partial charge in [-0.2, -0.15) is 0 Å². The number of fused-ring (bicyclic) bond motifs is 1. The van der Waals surface area contributed by atoms with E-state index in [0.717, 1.165) is 5.69 Å². The minimum absolute atomic E-state index is 0.180. The molecule has 0 aromatic carbocycles. The first-order chi connectivity index (χ1) is 10.6. The van der Waals surface area contributed by atoms with Crippen molar-refractivity contribution in [3.05, 3.63) is 47.5 Å². The number of carbonyl (C=O) groups is 1. The van der Waals surface area contributed by atoms with Crippen LogP contribution < -0.4 is 5.32 Å². The van der Waals surface area contributed by atoms with Gasteiger partial charge in [-0.15, -0.1) is 0 Å². The number of pyridine rings is 2. The first-order valence-electron chi connectivity index (χ1n) is 7.04. The lowest BCUT2D eigenvalue weighted by molar-refractivity contribution is 0.102. The molecule has 1 amide bonds. The molecule has 0 spiro atoms. The molecule has 22 heavy (non-hydrogen) atoms. The predicted molar refractivity (Wildman–Crippen MR) is 82.8 cm³/mol. The number of hydrogen-bond donors (Lipinski definition) is 1. The van der Waals surface area contributed by atoms with E-state index in [1.54, 1.807) is 37.5 Å². The highest BCUT2D eigenvalue weighted by molar-refractivity contribution is 6.12. The molecule has 0 atom stereocenters. The number of anilines is 1. The van der Waals surface area contributed by atoms with Gasteiger partial charge in [0.2, 0.25) is 0 Å². The van der Waals surface area contributed by atoms with Crippen LogP contribution in [0.5, 0.6) is 0 Å². The van der Waals surface area contributed by atoms with Crippen LogP contribution in [0.1, 0.15) is 41.5 Å². The van der Waals surface area contributed by atoms with Crippen molar-refractivity contribution in [1.82, 2.24) is 15.1 Å². The van der Waals surface area contributed by atoms with E-state index in [0.29, 0.717) is 28.0 Å². The first kappa shape index (κ1) is 14.2. The lowest BCUT2D eigenvalue weighted by Crippen LogP contribution is -2.14. The summed E-state index contributed by atoms with van der Waals surface area (Å²) in [6.07, 6.45) is 3.25. The maximum Gasteiger partial charge on any atom is 0.259 e. The molecule has 3 rings (SSSR count). The van der Waals surface area contributed by atoms with Crippen molar-refractivity contribution in [2.24, 2.45) is 0 Å². The number of hydrogen-bond acceptors (Lipinski definition) is 5. The van der Waals surface area contributed by atoms with Gasteiger partial charge in [0.05, 0.1) is 28.5 Å². The number of nitrogens with zero attached hydrogens (tertiary/aromatic N) is 3. The average molecular weight is 296 g/mol. The van der Waals surface area contributed by atoms with Gasteiger partial charge in [-0.1, -0.05) is 19.0 Å². The third-order valence-corrected chi connectivity index (χ3v) is 3.39. The Morgan fingerprint density at radius 1 is 1.36 bits per heavy atom. The van der Waals surface area contributed by atoms with Crippen LogP contribution in [0.3, 0.4) is 0 Å². The Morgan fingerprint density at radius 2 is 2.18 bits per heavy atom. The largest absolute Gasteiger partial charge is 0.336 e. The summed E-state index contributed by atoms with van der Waals surface area (Å²) < 4.78 is 5.23. The second kappa shape index (κ2) is 5.55. The molecule has 1 N–H and O–H groups in total. The standard InChI is InChI=1S/C16H16N4O2/c1-9(2)13-7-12(14-10(3)20-22-16(14)19-13)15(21)18-11-5-4-6-17-8-11/h4-9H,1-3H3,(H,18,21). The molecule has 0 radical (unpaired) electrons. The number of amides is 1. The Balaban J connectivity index is 2.08. The fourth-order valence-electron chi connectivity index (χ4n) is 2.22. The number of nitrogens with one attached hydrogen (secondary N) is 1. The van der Waals surface area contributed by atoms with E-state index in [2.05, 4.69) is 20.4 Å². The first-order valence-corrected chi connectivity index (χ1v) is 7.04. The average Bonchev–Trinajstić information content (AvgIpc) is 2.89. The summed E-state index contributed by atoms with van der Waals surface area (Å²) >= 11 is 0. The fourth-order valence-corrected chi connectivity index (χ4v) is 2.22. The Labute approximate surface area is 127 Å². The topological polar surface area (TPSA) is 80.9 Å². The van der Waals surface area contributed by atoms with Crippen LogP contribution in [0.15, 0.2) is 35.1 Å². The molecule has 0 bridgehead atoms. The molecule has 3 aromatic heterocycles. The normalized spacial score (nSPS) is 11.1. The third-order valence-electron chi connectivity index (χ3n) is 3.39. The van der Waals surface area contributed by atoms with Crippen molar-refractivity contribution in [3.8, 4) is 0 Å². The van der Waals surface area contributed by atoms with Gasteiger partial charge >= 0.3 is 0 Å². The smallest absolute Gasteiger partial charge is 0.259 e. The van der Waals surface area contributed by atoms with Crippen LogP contribution >= 0.6 is 0 Å². The summed E-state index contributed by atoms with van der Waals surface area (Å²) in [5.41, 5.74) is 2.98. The molecule has 0 saturated heterocycles. The van der Waals surface area contributed by atoms with Crippen molar-refractivity contribution in [3.63, 3.8) is 0 Å². The molecule has 0 aliphatic heterocycles. The number of aryl methyl sites for hydroxylation is 1. The van der Waals surface area contributed by atoms with Gasteiger partial charge in [-0.05, 0) is 31.0 Å². The van der Waals surface area contributed by atoms with E-state index < -0.39 is 0 Å². The monoisotopic (exact) mass is 296 g/mol. The van der Waals surface area contributed by atoms with Gasteiger partial charge < -0.3 is 9.84 Å². The van der Waals surface area contributed by atoms with Crippen LogP contribution in [-0.4, -0.2) is 21.0 Å². The second-order valence-electron chi connectivity index (χ2n) is 5.39. The zero-order valence-electron chi connectivity index (χ0n) is 12.6. The van der Waals surface area contributed by atoms with Crippen LogP contribution in [0.4, 0.5) is 5.69 Å². The number of carbonyl (C=O) groups excluding carboxylic acids is 1. The quantitative estimate of drug-likeness (QED) is 0.802. The third kappa shape index (κ3) is 2.55. The molecule has 0 unspecified atom stereocenters. The van der Waals surface area contributed by atoms with Gasteiger partial charge in [0.25, 0.3) is 11.6 Å². The minimum Gasteiger partial charge on any atom is -0.336 e. The van der Waals surface area contributed by atoms with Gasteiger partial charge in [0, 0.05) is 11.9 Å². The van der Waals surface area contributed by atoms with Crippen LogP contribution in [0, 0.1) is 6.92 Å². The zero-order chi connectivity index (χ0) is 15.7. The summed E-state index contributed by atoms with van der Waals surface area (Å²) in [4.78, 5) is 21.0. The van der Waals surface area contributed by atoms with Gasteiger partial charge in [-0.25, -0.2) is 4.98 Å². The van der Waals surface area contributed by atoms with E-state index in [4.69, 9.17) is 4.52 Å². The van der Waals surface area contributed by atoms with E-state index in [1.807, 2.05) is 13.8 Å². The Hall–Kier alpha value is -2.76. The molecule has 3 aromatic rings. The molecule has 3 heterocycles. The molecular weight excluding hydrogens is 280 g/mol. The molecule has 112 valence electrons. The lowest BCUT2D eigenvalue weighted by Gasteiger charge is -2.09. The Morgan fingerprint density at radius 3 is 2.86 bits per heavy atom. The summed E-state index contributed by atoms with van der Waals surface area (Å²) in [6.45, 7) is 5.82. The van der Waals surface area contributed by atoms with Gasteiger partial charge in [-0.3, -0.25) is 9.78 Å². The molecule has 6 nitrogen and oxygen atoms in total.